The van der Waals surface area contributed by atoms with Gasteiger partial charge in [0.1, 0.15) is 5.75 Å². The van der Waals surface area contributed by atoms with Crippen LogP contribution in [0.1, 0.15) is 12.5 Å². The maximum absolute atomic E-state index is 11.3. The zero-order valence-corrected chi connectivity index (χ0v) is 8.82. The third-order valence-corrected chi connectivity index (χ3v) is 1.89. The molecule has 0 saturated carbocycles. The Balaban J connectivity index is 2.88. The molecule has 0 N–H and O–H groups in total. The second-order valence-corrected chi connectivity index (χ2v) is 3.27. The number of allylic oxidation sites excluding steroid dienone is 1. The van der Waals surface area contributed by atoms with E-state index >= 15 is 0 Å². The summed E-state index contributed by atoms with van der Waals surface area (Å²) in [6, 6.07) is 7.40. The van der Waals surface area contributed by atoms with Gasteiger partial charge in [-0.3, -0.25) is 0 Å². The molecule has 0 aromatic heterocycles. The Morgan fingerprint density at radius 3 is 2.73 bits per heavy atom. The first-order valence-corrected chi connectivity index (χ1v) is 4.71. The van der Waals surface area contributed by atoms with Gasteiger partial charge in [0, 0.05) is 5.57 Å². The Kier molecular flexibility index (Phi) is 3.86. The minimum Gasteiger partial charge on any atom is -0.423 e. The molecule has 78 valence electrons. The number of hydrogen-bond acceptors (Lipinski definition) is 2. The summed E-state index contributed by atoms with van der Waals surface area (Å²) in [6.45, 7) is 8.81. The van der Waals surface area contributed by atoms with Crippen LogP contribution < -0.4 is 4.74 Å². The number of rotatable bonds is 4. The van der Waals surface area contributed by atoms with Crippen LogP contribution >= 0.6 is 0 Å². The van der Waals surface area contributed by atoms with Crippen LogP contribution in [0.4, 0.5) is 0 Å². The quantitative estimate of drug-likeness (QED) is 0.325. The number of hydrogen-bond donors (Lipinski definition) is 0. The standard InChI is InChI=1S/C13H14O2/c1-4-7-11-8-5-6-9-12(11)15-13(14)10(2)3/h4-6,8-9H,1-2,7H2,3H3. The molecule has 2 nitrogen and oxygen atoms in total. The SMILES string of the molecule is C=CCc1ccccc1OC(=O)C(=C)C. The predicted octanol–water partition coefficient (Wildman–Crippen LogP) is 2.90. The van der Waals surface area contributed by atoms with Crippen molar-refractivity contribution >= 4 is 5.97 Å². The molecule has 1 aromatic rings. The number of carbonyl (C=O) groups is 1. The largest absolute Gasteiger partial charge is 0.423 e. The highest BCUT2D eigenvalue weighted by atomic mass is 16.5. The Labute approximate surface area is 89.9 Å². The number of ether oxygens (including phenoxy) is 1. The van der Waals surface area contributed by atoms with Gasteiger partial charge in [-0.2, -0.15) is 0 Å². The maximum Gasteiger partial charge on any atom is 0.338 e. The molecule has 0 radical (unpaired) electrons. The van der Waals surface area contributed by atoms with E-state index in [0.29, 0.717) is 17.7 Å². The molecule has 1 rings (SSSR count). The molecule has 15 heavy (non-hydrogen) atoms. The number of benzene rings is 1. The minimum atomic E-state index is -0.397. The molecule has 0 aliphatic carbocycles. The first-order valence-electron chi connectivity index (χ1n) is 4.71. The van der Waals surface area contributed by atoms with E-state index in [-0.39, 0.29) is 0 Å². The molecule has 0 unspecified atom stereocenters. The van der Waals surface area contributed by atoms with Crippen LogP contribution in [0.15, 0.2) is 49.1 Å². The van der Waals surface area contributed by atoms with E-state index in [1.165, 1.54) is 0 Å². The van der Waals surface area contributed by atoms with Crippen molar-refractivity contribution in [2.75, 3.05) is 0 Å². The van der Waals surface area contributed by atoms with E-state index in [2.05, 4.69) is 13.2 Å². The summed E-state index contributed by atoms with van der Waals surface area (Å²) >= 11 is 0. The van der Waals surface area contributed by atoms with Gasteiger partial charge >= 0.3 is 5.97 Å². The van der Waals surface area contributed by atoms with E-state index < -0.39 is 5.97 Å². The fourth-order valence-electron chi connectivity index (χ4n) is 1.11. The first-order chi connectivity index (χ1) is 7.15. The van der Waals surface area contributed by atoms with E-state index in [4.69, 9.17) is 4.74 Å². The van der Waals surface area contributed by atoms with Crippen LogP contribution in [0.3, 0.4) is 0 Å². The van der Waals surface area contributed by atoms with Gasteiger partial charge in [-0.15, -0.1) is 6.58 Å². The summed E-state index contributed by atoms with van der Waals surface area (Å²) in [5.41, 5.74) is 1.34. The van der Waals surface area contributed by atoms with E-state index in [9.17, 15) is 4.79 Å². The lowest BCUT2D eigenvalue weighted by Gasteiger charge is -2.07. The lowest BCUT2D eigenvalue weighted by atomic mass is 10.1. The summed E-state index contributed by atoms with van der Waals surface area (Å²) in [5, 5.41) is 0. The highest BCUT2D eigenvalue weighted by Gasteiger charge is 2.07. The van der Waals surface area contributed by atoms with Gasteiger partial charge in [-0.1, -0.05) is 30.9 Å². The van der Waals surface area contributed by atoms with Gasteiger partial charge in [0.2, 0.25) is 0 Å². The zero-order valence-electron chi connectivity index (χ0n) is 8.82. The van der Waals surface area contributed by atoms with Crippen molar-refractivity contribution in [1.29, 1.82) is 0 Å². The molecular weight excluding hydrogens is 188 g/mol. The highest BCUT2D eigenvalue weighted by molar-refractivity contribution is 5.88. The minimum absolute atomic E-state index is 0.392. The van der Waals surface area contributed by atoms with Crippen LogP contribution in [-0.4, -0.2) is 5.97 Å². The molecule has 2 heteroatoms. The van der Waals surface area contributed by atoms with Crippen molar-refractivity contribution in [2.45, 2.75) is 13.3 Å². The average Bonchev–Trinajstić information content (AvgIpc) is 2.21. The molecular formula is C13H14O2. The summed E-state index contributed by atoms with van der Waals surface area (Å²) in [5.74, 6) is 0.178. The van der Waals surface area contributed by atoms with Crippen LogP contribution in [-0.2, 0) is 11.2 Å². The molecule has 0 fully saturated rings. The number of para-hydroxylation sites is 1. The number of esters is 1. The van der Waals surface area contributed by atoms with Crippen LogP contribution in [0.25, 0.3) is 0 Å². The second kappa shape index (κ2) is 5.15. The molecule has 0 aliphatic rings. The monoisotopic (exact) mass is 202 g/mol. The third kappa shape index (κ3) is 3.09. The molecule has 1 aromatic carbocycles. The van der Waals surface area contributed by atoms with Crippen molar-refractivity contribution in [3.05, 3.63) is 54.6 Å². The normalized spacial score (nSPS) is 9.40. The van der Waals surface area contributed by atoms with Crippen molar-refractivity contribution in [1.82, 2.24) is 0 Å². The molecule has 0 heterocycles. The van der Waals surface area contributed by atoms with Crippen molar-refractivity contribution in [2.24, 2.45) is 0 Å². The Hall–Kier alpha value is -1.83. The lowest BCUT2D eigenvalue weighted by molar-refractivity contribution is -0.130. The maximum atomic E-state index is 11.3. The second-order valence-electron chi connectivity index (χ2n) is 3.27. The first kappa shape index (κ1) is 11.2. The van der Waals surface area contributed by atoms with E-state index in [1.807, 2.05) is 18.2 Å². The number of carbonyl (C=O) groups excluding carboxylic acids is 1. The molecule has 0 aliphatic heterocycles. The summed E-state index contributed by atoms with van der Waals surface area (Å²) in [6.07, 6.45) is 2.45. The van der Waals surface area contributed by atoms with Crippen molar-refractivity contribution < 1.29 is 9.53 Å². The van der Waals surface area contributed by atoms with Crippen molar-refractivity contribution in [3.8, 4) is 5.75 Å². The Morgan fingerprint density at radius 2 is 2.13 bits per heavy atom. The summed E-state index contributed by atoms with van der Waals surface area (Å²) in [7, 11) is 0. The molecule has 0 amide bonds. The van der Waals surface area contributed by atoms with Gasteiger partial charge in [0.25, 0.3) is 0 Å². The molecule has 0 bridgehead atoms. The molecule has 0 atom stereocenters. The van der Waals surface area contributed by atoms with Gasteiger partial charge in [0.05, 0.1) is 0 Å². The third-order valence-electron chi connectivity index (χ3n) is 1.89. The topological polar surface area (TPSA) is 26.3 Å². The van der Waals surface area contributed by atoms with Gasteiger partial charge in [0.15, 0.2) is 0 Å². The average molecular weight is 202 g/mol. The zero-order chi connectivity index (χ0) is 11.3. The molecule has 0 spiro atoms. The Bertz CT molecular complexity index is 391. The van der Waals surface area contributed by atoms with Crippen LogP contribution in [0.5, 0.6) is 5.75 Å². The van der Waals surface area contributed by atoms with Gasteiger partial charge < -0.3 is 4.74 Å². The van der Waals surface area contributed by atoms with E-state index in [0.717, 1.165) is 5.56 Å². The highest BCUT2D eigenvalue weighted by Crippen LogP contribution is 2.19. The van der Waals surface area contributed by atoms with Gasteiger partial charge in [-0.25, -0.2) is 4.79 Å². The fraction of sp³-hybridized carbons (Fsp3) is 0.154. The molecule has 0 saturated heterocycles. The van der Waals surface area contributed by atoms with Crippen LogP contribution in [0.2, 0.25) is 0 Å². The predicted molar refractivity (Wildman–Crippen MR) is 60.8 cm³/mol. The van der Waals surface area contributed by atoms with Crippen molar-refractivity contribution in [3.63, 3.8) is 0 Å². The fourth-order valence-corrected chi connectivity index (χ4v) is 1.11. The Morgan fingerprint density at radius 1 is 1.47 bits per heavy atom. The summed E-state index contributed by atoms with van der Waals surface area (Å²) in [4.78, 5) is 11.3. The lowest BCUT2D eigenvalue weighted by Crippen LogP contribution is -2.09. The van der Waals surface area contributed by atoms with Crippen LogP contribution in [0, 0.1) is 0 Å². The smallest absolute Gasteiger partial charge is 0.338 e. The van der Waals surface area contributed by atoms with E-state index in [1.54, 1.807) is 19.1 Å². The van der Waals surface area contributed by atoms with Gasteiger partial charge in [-0.05, 0) is 25.0 Å². The summed E-state index contributed by atoms with van der Waals surface area (Å²) < 4.78 is 5.17.